The summed E-state index contributed by atoms with van der Waals surface area (Å²) in [7, 11) is 0. The van der Waals surface area contributed by atoms with Crippen LogP contribution >= 0.6 is 0 Å². The van der Waals surface area contributed by atoms with Crippen molar-refractivity contribution >= 4 is 24.1 Å². The first-order chi connectivity index (χ1) is 16.8. The first-order valence-corrected chi connectivity index (χ1v) is 10.4. The molecule has 0 fully saturated rings. The number of hydrogen-bond donors (Lipinski definition) is 3. The molecule has 0 aliphatic carbocycles. The van der Waals surface area contributed by atoms with E-state index in [4.69, 9.17) is 10.2 Å². The second kappa shape index (κ2) is 9.96. The molecule has 3 aromatic carbocycles. The molecule has 1 heterocycles. The van der Waals surface area contributed by atoms with E-state index in [0.29, 0.717) is 39.5 Å². The molecule has 6 nitrogen and oxygen atoms in total. The molecule has 0 unspecified atom stereocenters. The van der Waals surface area contributed by atoms with E-state index in [1.54, 1.807) is 48.5 Å². The molecule has 0 saturated heterocycles. The van der Waals surface area contributed by atoms with Crippen molar-refractivity contribution in [2.75, 3.05) is 0 Å². The van der Waals surface area contributed by atoms with E-state index in [-0.39, 0.29) is 0 Å². The van der Waals surface area contributed by atoms with Crippen LogP contribution in [0.4, 0.5) is 8.78 Å². The summed E-state index contributed by atoms with van der Waals surface area (Å²) in [6.07, 6.45) is 5.01. The van der Waals surface area contributed by atoms with Gasteiger partial charge in [-0.05, 0) is 41.5 Å². The number of aliphatic carboxylic acids is 2. The number of rotatable bonds is 7. The zero-order chi connectivity index (χ0) is 24.9. The standard InChI is InChI=1S/C27H18F2N2O4/c28-21-12-11-20(15-22(21)29)27-30-25(18-7-1-16(2-8-18)5-13-23(32)33)26(31-27)19-9-3-17(4-10-19)6-14-24(34)35/h1-15H,(H,30,31)(H,32,33)(H,34,35). The van der Waals surface area contributed by atoms with Crippen LogP contribution in [-0.4, -0.2) is 32.1 Å². The van der Waals surface area contributed by atoms with E-state index in [9.17, 15) is 18.4 Å². The zero-order valence-corrected chi connectivity index (χ0v) is 18.1. The smallest absolute Gasteiger partial charge is 0.328 e. The van der Waals surface area contributed by atoms with Crippen molar-refractivity contribution in [3.05, 3.63) is 102 Å². The van der Waals surface area contributed by atoms with Crippen molar-refractivity contribution in [1.82, 2.24) is 9.97 Å². The van der Waals surface area contributed by atoms with Gasteiger partial charge in [0.1, 0.15) is 5.82 Å². The van der Waals surface area contributed by atoms with Crippen LogP contribution in [-0.2, 0) is 9.59 Å². The third kappa shape index (κ3) is 5.56. The van der Waals surface area contributed by atoms with Crippen LogP contribution in [0, 0.1) is 11.6 Å². The van der Waals surface area contributed by atoms with Gasteiger partial charge in [-0.1, -0.05) is 48.5 Å². The Morgan fingerprint density at radius 2 is 1.23 bits per heavy atom. The molecule has 174 valence electrons. The average Bonchev–Trinajstić information content (AvgIpc) is 3.29. The summed E-state index contributed by atoms with van der Waals surface area (Å²) in [5.74, 6) is -3.73. The lowest BCUT2D eigenvalue weighted by Crippen LogP contribution is -1.87. The Hall–Kier alpha value is -4.85. The predicted octanol–water partition coefficient (Wildman–Crippen LogP) is 5.88. The van der Waals surface area contributed by atoms with E-state index >= 15 is 0 Å². The minimum Gasteiger partial charge on any atom is -0.478 e. The molecule has 8 heteroatoms. The Balaban J connectivity index is 1.78. The normalized spacial score (nSPS) is 11.4. The van der Waals surface area contributed by atoms with Gasteiger partial charge in [0.15, 0.2) is 11.6 Å². The maximum absolute atomic E-state index is 13.9. The molecule has 0 bridgehead atoms. The van der Waals surface area contributed by atoms with E-state index in [2.05, 4.69) is 9.97 Å². The minimum atomic E-state index is -1.05. The number of carboxylic acid groups (broad SMARTS) is 2. The number of aromatic nitrogens is 2. The molecular formula is C27H18F2N2O4. The third-order valence-corrected chi connectivity index (χ3v) is 5.12. The topological polar surface area (TPSA) is 103 Å². The molecule has 0 amide bonds. The molecule has 0 atom stereocenters. The van der Waals surface area contributed by atoms with Crippen LogP contribution in [0.2, 0.25) is 0 Å². The van der Waals surface area contributed by atoms with Gasteiger partial charge in [-0.2, -0.15) is 0 Å². The monoisotopic (exact) mass is 472 g/mol. The highest BCUT2D eigenvalue weighted by molar-refractivity contribution is 5.87. The SMILES string of the molecule is O=C(O)C=Cc1ccc(-c2nc(-c3ccc(F)c(F)c3)[nH]c2-c2ccc(C=CC(=O)O)cc2)cc1. The van der Waals surface area contributed by atoms with Gasteiger partial charge in [0.25, 0.3) is 0 Å². The molecular weight excluding hydrogens is 454 g/mol. The van der Waals surface area contributed by atoms with Gasteiger partial charge in [0.2, 0.25) is 0 Å². The Morgan fingerprint density at radius 3 is 1.74 bits per heavy atom. The number of halogens is 2. The van der Waals surface area contributed by atoms with E-state index < -0.39 is 23.6 Å². The number of carbonyl (C=O) groups is 2. The lowest BCUT2D eigenvalue weighted by atomic mass is 10.0. The molecule has 0 aliphatic rings. The number of nitrogens with one attached hydrogen (secondary N) is 1. The zero-order valence-electron chi connectivity index (χ0n) is 18.1. The second-order valence-corrected chi connectivity index (χ2v) is 7.53. The van der Waals surface area contributed by atoms with Crippen LogP contribution in [0.5, 0.6) is 0 Å². The molecule has 0 aliphatic heterocycles. The van der Waals surface area contributed by atoms with Crippen LogP contribution < -0.4 is 0 Å². The molecule has 35 heavy (non-hydrogen) atoms. The summed E-state index contributed by atoms with van der Waals surface area (Å²) in [6.45, 7) is 0. The number of aromatic amines is 1. The Bertz CT molecular complexity index is 1370. The van der Waals surface area contributed by atoms with Gasteiger partial charge in [-0.15, -0.1) is 0 Å². The number of carboxylic acids is 2. The highest BCUT2D eigenvalue weighted by Gasteiger charge is 2.16. The Labute approximate surface area is 198 Å². The van der Waals surface area contributed by atoms with E-state index in [1.807, 2.05) is 0 Å². The van der Waals surface area contributed by atoms with Gasteiger partial charge in [0, 0.05) is 28.8 Å². The van der Waals surface area contributed by atoms with Crippen LogP contribution in [0.3, 0.4) is 0 Å². The summed E-state index contributed by atoms with van der Waals surface area (Å²) in [4.78, 5) is 29.3. The second-order valence-electron chi connectivity index (χ2n) is 7.53. The number of H-pyrrole nitrogens is 1. The number of imidazole rings is 1. The van der Waals surface area contributed by atoms with Crippen molar-refractivity contribution in [1.29, 1.82) is 0 Å². The summed E-state index contributed by atoms with van der Waals surface area (Å²) >= 11 is 0. The van der Waals surface area contributed by atoms with Crippen molar-refractivity contribution in [2.24, 2.45) is 0 Å². The summed E-state index contributed by atoms with van der Waals surface area (Å²) in [6, 6.07) is 17.6. The highest BCUT2D eigenvalue weighted by atomic mass is 19.2. The molecule has 0 saturated carbocycles. The summed E-state index contributed by atoms with van der Waals surface area (Å²) in [5, 5.41) is 17.6. The van der Waals surface area contributed by atoms with Crippen molar-refractivity contribution in [2.45, 2.75) is 0 Å². The van der Waals surface area contributed by atoms with Crippen LogP contribution in [0.1, 0.15) is 11.1 Å². The minimum absolute atomic E-state index is 0.332. The number of nitrogens with zero attached hydrogens (tertiary/aromatic N) is 1. The first kappa shape index (κ1) is 23.3. The van der Waals surface area contributed by atoms with Crippen LogP contribution in [0.25, 0.3) is 46.1 Å². The van der Waals surface area contributed by atoms with E-state index in [1.165, 1.54) is 18.2 Å². The lowest BCUT2D eigenvalue weighted by Gasteiger charge is -2.05. The molecule has 4 rings (SSSR count). The third-order valence-electron chi connectivity index (χ3n) is 5.12. The quantitative estimate of drug-likeness (QED) is 0.291. The van der Waals surface area contributed by atoms with Gasteiger partial charge >= 0.3 is 11.9 Å². The molecule has 3 N–H and O–H groups in total. The largest absolute Gasteiger partial charge is 0.478 e. The van der Waals surface area contributed by atoms with E-state index in [0.717, 1.165) is 29.8 Å². The van der Waals surface area contributed by atoms with Crippen molar-refractivity contribution in [3.63, 3.8) is 0 Å². The first-order valence-electron chi connectivity index (χ1n) is 10.4. The molecule has 0 spiro atoms. The Morgan fingerprint density at radius 1 is 0.714 bits per heavy atom. The van der Waals surface area contributed by atoms with Gasteiger partial charge in [-0.3, -0.25) is 0 Å². The lowest BCUT2D eigenvalue weighted by molar-refractivity contribution is -0.132. The molecule has 0 radical (unpaired) electrons. The maximum Gasteiger partial charge on any atom is 0.328 e. The van der Waals surface area contributed by atoms with Crippen LogP contribution in [0.15, 0.2) is 78.9 Å². The number of hydrogen-bond acceptors (Lipinski definition) is 3. The Kier molecular flexibility index (Phi) is 6.64. The fourth-order valence-electron chi connectivity index (χ4n) is 3.42. The molecule has 4 aromatic rings. The highest BCUT2D eigenvalue weighted by Crippen LogP contribution is 2.34. The predicted molar refractivity (Wildman–Crippen MR) is 128 cm³/mol. The van der Waals surface area contributed by atoms with Crippen molar-refractivity contribution in [3.8, 4) is 33.9 Å². The van der Waals surface area contributed by atoms with Gasteiger partial charge < -0.3 is 15.2 Å². The van der Waals surface area contributed by atoms with Crippen molar-refractivity contribution < 1.29 is 28.6 Å². The summed E-state index contributed by atoms with van der Waals surface area (Å²) in [5.41, 5.74) is 4.35. The number of benzene rings is 3. The maximum atomic E-state index is 13.9. The van der Waals surface area contributed by atoms with Gasteiger partial charge in [-0.25, -0.2) is 23.4 Å². The fraction of sp³-hybridized carbons (Fsp3) is 0. The average molecular weight is 472 g/mol. The van der Waals surface area contributed by atoms with Gasteiger partial charge in [0.05, 0.1) is 11.4 Å². The fourth-order valence-corrected chi connectivity index (χ4v) is 3.42. The summed E-state index contributed by atoms with van der Waals surface area (Å²) < 4.78 is 27.3. The molecule has 1 aromatic heterocycles.